The van der Waals surface area contributed by atoms with Crippen molar-refractivity contribution < 1.29 is 19.1 Å². The van der Waals surface area contributed by atoms with Crippen LogP contribution in [-0.4, -0.2) is 75.2 Å². The van der Waals surface area contributed by atoms with Gasteiger partial charge in [-0.25, -0.2) is 9.59 Å². The van der Waals surface area contributed by atoms with Gasteiger partial charge in [-0.15, -0.1) is 0 Å². The number of benzene rings is 1. The first-order chi connectivity index (χ1) is 24.5. The van der Waals surface area contributed by atoms with Crippen LogP contribution in [0.25, 0.3) is 0 Å². The molecule has 0 aliphatic rings. The molecule has 0 fully saturated rings. The molecule has 0 atom stereocenters. The molecule has 0 saturated heterocycles. The molecule has 0 aromatic heterocycles. The van der Waals surface area contributed by atoms with E-state index in [0.29, 0.717) is 13.2 Å². The third-order valence-electron chi connectivity index (χ3n) is 9.99. The zero-order valence-electron chi connectivity index (χ0n) is 33.5. The zero-order valence-corrected chi connectivity index (χ0v) is 33.5. The van der Waals surface area contributed by atoms with Gasteiger partial charge in [0.15, 0.2) is 0 Å². The lowest BCUT2D eigenvalue weighted by atomic mass is 10.1. The van der Waals surface area contributed by atoms with Crippen LogP contribution in [0, 0.1) is 0 Å². The maximum Gasteiger partial charge on any atom is 0.339 e. The standard InChI is InChI=1S/C44H80N2O4/c1-5-7-9-11-13-15-17-19-21-23-27-35-45(3)37-29-31-39-49-43(47)41-33-25-26-34-42(41)44(48)50-40-32-30-38-46(4)36-28-24-22-20-18-16-14-12-10-8-6-2/h25-26,33-34H,5-24,27-32,35-40H2,1-4H3. The monoisotopic (exact) mass is 701 g/mol. The Kier molecular flexibility index (Phi) is 31.5. The van der Waals surface area contributed by atoms with Crippen molar-refractivity contribution in [1.82, 2.24) is 9.80 Å². The molecule has 6 heteroatoms. The van der Waals surface area contributed by atoms with Crippen LogP contribution in [0.2, 0.25) is 0 Å². The molecule has 0 spiro atoms. The van der Waals surface area contributed by atoms with Gasteiger partial charge < -0.3 is 19.3 Å². The quantitative estimate of drug-likeness (QED) is 0.0513. The molecular formula is C44H80N2O4. The summed E-state index contributed by atoms with van der Waals surface area (Å²) >= 11 is 0. The van der Waals surface area contributed by atoms with E-state index in [-0.39, 0.29) is 11.1 Å². The second-order valence-electron chi connectivity index (χ2n) is 14.9. The smallest absolute Gasteiger partial charge is 0.339 e. The Labute approximate surface area is 309 Å². The number of rotatable bonds is 36. The summed E-state index contributed by atoms with van der Waals surface area (Å²) in [5, 5.41) is 0. The van der Waals surface area contributed by atoms with E-state index in [0.717, 1.165) is 51.9 Å². The van der Waals surface area contributed by atoms with Crippen molar-refractivity contribution in [2.45, 2.75) is 181 Å². The van der Waals surface area contributed by atoms with Crippen molar-refractivity contribution in [3.05, 3.63) is 35.4 Å². The van der Waals surface area contributed by atoms with Gasteiger partial charge >= 0.3 is 11.9 Å². The van der Waals surface area contributed by atoms with Gasteiger partial charge in [0.05, 0.1) is 24.3 Å². The molecule has 0 heterocycles. The molecule has 1 aromatic carbocycles. The van der Waals surface area contributed by atoms with Gasteiger partial charge in [0, 0.05) is 0 Å². The lowest BCUT2D eigenvalue weighted by molar-refractivity contribution is 0.0448. The van der Waals surface area contributed by atoms with Crippen LogP contribution in [0.15, 0.2) is 24.3 Å². The fourth-order valence-electron chi connectivity index (χ4n) is 6.61. The first-order valence-electron chi connectivity index (χ1n) is 21.3. The lowest BCUT2D eigenvalue weighted by Crippen LogP contribution is -2.21. The SMILES string of the molecule is CCCCCCCCCCCCCN(C)CCCCOC(=O)c1ccccc1C(=O)OCCCCN(C)CCCCCCCCCCCCC. The summed E-state index contributed by atoms with van der Waals surface area (Å²) in [5.74, 6) is -0.896. The van der Waals surface area contributed by atoms with E-state index in [1.54, 1.807) is 24.3 Å². The summed E-state index contributed by atoms with van der Waals surface area (Å²) in [6.45, 7) is 9.55. The van der Waals surface area contributed by atoms with Gasteiger partial charge in [0.2, 0.25) is 0 Å². The number of carbonyl (C=O) groups excluding carboxylic acids is 2. The van der Waals surface area contributed by atoms with Crippen molar-refractivity contribution >= 4 is 11.9 Å². The molecule has 0 bridgehead atoms. The average molecular weight is 701 g/mol. The van der Waals surface area contributed by atoms with Crippen LogP contribution in [0.4, 0.5) is 0 Å². The van der Waals surface area contributed by atoms with Crippen LogP contribution in [-0.2, 0) is 9.47 Å². The number of hydrogen-bond donors (Lipinski definition) is 0. The normalized spacial score (nSPS) is 11.5. The summed E-state index contributed by atoms with van der Waals surface area (Å²) in [5.41, 5.74) is 0.579. The summed E-state index contributed by atoms with van der Waals surface area (Å²) in [4.78, 5) is 30.4. The first-order valence-corrected chi connectivity index (χ1v) is 21.3. The van der Waals surface area contributed by atoms with E-state index >= 15 is 0 Å². The molecule has 0 aliphatic carbocycles. The highest BCUT2D eigenvalue weighted by atomic mass is 16.5. The Hall–Kier alpha value is -1.92. The van der Waals surface area contributed by atoms with Crippen molar-refractivity contribution in [3.8, 4) is 0 Å². The van der Waals surface area contributed by atoms with E-state index in [4.69, 9.17) is 9.47 Å². The highest BCUT2D eigenvalue weighted by molar-refractivity contribution is 6.03. The first kappa shape index (κ1) is 46.1. The minimum absolute atomic E-state index is 0.290. The van der Waals surface area contributed by atoms with Gasteiger partial charge in [-0.05, 0) is 90.9 Å². The lowest BCUT2D eigenvalue weighted by Gasteiger charge is -2.16. The average Bonchev–Trinajstić information content (AvgIpc) is 3.12. The number of ether oxygens (including phenoxy) is 2. The van der Waals surface area contributed by atoms with Gasteiger partial charge in [0.25, 0.3) is 0 Å². The van der Waals surface area contributed by atoms with Gasteiger partial charge in [-0.1, -0.05) is 154 Å². The van der Waals surface area contributed by atoms with Crippen LogP contribution < -0.4 is 0 Å². The minimum atomic E-state index is -0.448. The second-order valence-corrected chi connectivity index (χ2v) is 14.9. The molecule has 1 aromatic rings. The Morgan fingerprint density at radius 3 is 0.980 bits per heavy atom. The van der Waals surface area contributed by atoms with Crippen LogP contribution in [0.1, 0.15) is 202 Å². The van der Waals surface area contributed by atoms with Crippen LogP contribution in [0.3, 0.4) is 0 Å². The van der Waals surface area contributed by atoms with Gasteiger partial charge in [-0.3, -0.25) is 0 Å². The Morgan fingerprint density at radius 2 is 0.680 bits per heavy atom. The minimum Gasteiger partial charge on any atom is -0.462 e. The van der Waals surface area contributed by atoms with E-state index in [9.17, 15) is 9.59 Å². The fraction of sp³-hybridized carbons (Fsp3) is 0.818. The van der Waals surface area contributed by atoms with Gasteiger partial charge in [0.1, 0.15) is 0 Å². The summed E-state index contributed by atoms with van der Waals surface area (Å²) < 4.78 is 11.1. The van der Waals surface area contributed by atoms with E-state index in [2.05, 4.69) is 37.7 Å². The third-order valence-corrected chi connectivity index (χ3v) is 9.99. The molecule has 0 saturated carbocycles. The summed E-state index contributed by atoms with van der Waals surface area (Å²) in [6, 6.07) is 6.85. The predicted molar refractivity (Wildman–Crippen MR) is 213 cm³/mol. The zero-order chi connectivity index (χ0) is 36.3. The Bertz CT molecular complexity index is 850. The molecule has 0 N–H and O–H groups in total. The number of hydrogen-bond acceptors (Lipinski definition) is 6. The Balaban J connectivity index is 2.08. The molecule has 1 rings (SSSR count). The fourth-order valence-corrected chi connectivity index (χ4v) is 6.61. The van der Waals surface area contributed by atoms with Crippen molar-refractivity contribution in [1.29, 1.82) is 0 Å². The topological polar surface area (TPSA) is 59.1 Å². The van der Waals surface area contributed by atoms with E-state index < -0.39 is 11.9 Å². The second kappa shape index (κ2) is 34.2. The highest BCUT2D eigenvalue weighted by Crippen LogP contribution is 2.15. The van der Waals surface area contributed by atoms with E-state index in [1.165, 1.54) is 141 Å². The maximum atomic E-state index is 12.8. The van der Waals surface area contributed by atoms with Crippen molar-refractivity contribution in [2.24, 2.45) is 0 Å². The highest BCUT2D eigenvalue weighted by Gasteiger charge is 2.19. The molecule has 6 nitrogen and oxygen atoms in total. The van der Waals surface area contributed by atoms with Gasteiger partial charge in [-0.2, -0.15) is 0 Å². The molecular weight excluding hydrogens is 620 g/mol. The summed E-state index contributed by atoms with van der Waals surface area (Å²) in [7, 11) is 4.37. The summed E-state index contributed by atoms with van der Waals surface area (Å²) in [6.07, 6.45) is 33.7. The Morgan fingerprint density at radius 1 is 0.420 bits per heavy atom. The molecule has 290 valence electrons. The maximum absolute atomic E-state index is 12.8. The predicted octanol–water partition coefficient (Wildman–Crippen LogP) is 12.0. The van der Waals surface area contributed by atoms with Crippen LogP contribution >= 0.6 is 0 Å². The van der Waals surface area contributed by atoms with Crippen molar-refractivity contribution in [3.63, 3.8) is 0 Å². The number of esters is 2. The number of unbranched alkanes of at least 4 members (excludes halogenated alkanes) is 22. The van der Waals surface area contributed by atoms with Crippen LogP contribution in [0.5, 0.6) is 0 Å². The third kappa shape index (κ3) is 26.8. The number of nitrogens with zero attached hydrogens (tertiary/aromatic N) is 2. The van der Waals surface area contributed by atoms with Crippen molar-refractivity contribution in [2.75, 3.05) is 53.5 Å². The molecule has 0 amide bonds. The molecule has 0 unspecified atom stereocenters. The molecule has 0 aliphatic heterocycles. The molecule has 50 heavy (non-hydrogen) atoms. The number of carbonyl (C=O) groups is 2. The molecule has 0 radical (unpaired) electrons. The largest absolute Gasteiger partial charge is 0.462 e. The van der Waals surface area contributed by atoms with E-state index in [1.807, 2.05) is 0 Å².